The summed E-state index contributed by atoms with van der Waals surface area (Å²) in [7, 11) is 0.970. The maximum Gasteiger partial charge on any atom is 0.306 e. The van der Waals surface area contributed by atoms with Gasteiger partial charge in [0.25, 0.3) is 7.82 Å². The number of rotatable bonds is 39. The molecule has 0 amide bonds. The lowest BCUT2D eigenvalue weighted by molar-refractivity contribution is -0.870. The third-order valence-corrected chi connectivity index (χ3v) is 10.0. The van der Waals surface area contributed by atoms with Crippen LogP contribution < -0.4 is 4.89 Å². The second-order valence-electron chi connectivity index (χ2n) is 16.1. The molecule has 0 aliphatic heterocycles. The molecule has 2 N–H and O–H groups in total. The third kappa shape index (κ3) is 41.8. The van der Waals surface area contributed by atoms with Gasteiger partial charge in [-0.15, -0.1) is 0 Å². The number of nitrogens with zero attached hydrogens (tertiary/aromatic N) is 1. The number of ether oxygens (including phenoxy) is 2. The Balaban J connectivity index is 4.71. The summed E-state index contributed by atoms with van der Waals surface area (Å²) in [5.74, 6) is -1.15. The number of unbranched alkanes of at least 4 members (excludes halogenated alkanes) is 10. The van der Waals surface area contributed by atoms with Gasteiger partial charge in [0.2, 0.25) is 0 Å². The number of quaternary nitrogens is 1. The van der Waals surface area contributed by atoms with Crippen molar-refractivity contribution < 1.29 is 52.3 Å². The van der Waals surface area contributed by atoms with Crippen LogP contribution in [0.2, 0.25) is 0 Å². The van der Waals surface area contributed by atoms with E-state index in [9.17, 15) is 29.3 Å². The van der Waals surface area contributed by atoms with Crippen molar-refractivity contribution in [2.75, 3.05) is 47.5 Å². The molecule has 0 aromatic heterocycles. The summed E-state index contributed by atoms with van der Waals surface area (Å²) in [5.41, 5.74) is 0. The van der Waals surface area contributed by atoms with E-state index in [1.807, 2.05) is 33.3 Å². The van der Waals surface area contributed by atoms with Gasteiger partial charge in [0.15, 0.2) is 6.10 Å². The predicted molar refractivity (Wildman–Crippen MR) is 243 cm³/mol. The van der Waals surface area contributed by atoms with Crippen molar-refractivity contribution in [3.63, 3.8) is 0 Å². The summed E-state index contributed by atoms with van der Waals surface area (Å²) in [6, 6.07) is 0. The number of hydrogen-bond acceptors (Lipinski definition) is 10. The first-order valence-electron chi connectivity index (χ1n) is 22.5. The molecule has 1 unspecified atom stereocenters. The summed E-state index contributed by atoms with van der Waals surface area (Å²) in [4.78, 5) is 37.6. The van der Waals surface area contributed by atoms with Crippen molar-refractivity contribution in [1.82, 2.24) is 0 Å². The molecular formula is C48H82NO10P. The van der Waals surface area contributed by atoms with Crippen molar-refractivity contribution in [2.45, 2.75) is 161 Å². The Bertz CT molecular complexity index is 1330. The van der Waals surface area contributed by atoms with Gasteiger partial charge in [0.1, 0.15) is 19.8 Å². The number of carbonyl (C=O) groups is 2. The molecule has 0 aromatic carbocycles. The lowest BCUT2D eigenvalue weighted by Gasteiger charge is -2.28. The molecule has 0 aliphatic rings. The second-order valence-corrected chi connectivity index (χ2v) is 17.5. The first-order valence-corrected chi connectivity index (χ1v) is 24.0. The minimum absolute atomic E-state index is 0.0502. The molecule has 344 valence electrons. The van der Waals surface area contributed by atoms with Crippen LogP contribution in [-0.4, -0.2) is 92.5 Å². The third-order valence-electron chi connectivity index (χ3n) is 9.08. The maximum absolute atomic E-state index is 12.7. The topological polar surface area (TPSA) is 152 Å². The van der Waals surface area contributed by atoms with Gasteiger partial charge in [0.05, 0.1) is 40.0 Å². The minimum Gasteiger partial charge on any atom is -0.756 e. The molecule has 12 heteroatoms. The van der Waals surface area contributed by atoms with Crippen LogP contribution in [0.4, 0.5) is 0 Å². The van der Waals surface area contributed by atoms with Crippen molar-refractivity contribution in [1.29, 1.82) is 0 Å². The van der Waals surface area contributed by atoms with E-state index in [1.165, 1.54) is 51.4 Å². The molecule has 0 heterocycles. The Morgan fingerprint density at radius 2 is 1.17 bits per heavy atom. The Morgan fingerprint density at radius 3 is 1.82 bits per heavy atom. The molecule has 0 bridgehead atoms. The highest BCUT2D eigenvalue weighted by atomic mass is 31.2. The number of phosphoric acid groups is 1. The number of carbonyl (C=O) groups excluding carboxylic acids is 2. The molecule has 0 aliphatic carbocycles. The van der Waals surface area contributed by atoms with Crippen molar-refractivity contribution in [3.8, 4) is 0 Å². The van der Waals surface area contributed by atoms with E-state index in [0.29, 0.717) is 36.7 Å². The predicted octanol–water partition coefficient (Wildman–Crippen LogP) is 10.1. The molecule has 0 radical (unpaired) electrons. The van der Waals surface area contributed by atoms with Crippen LogP contribution in [0.3, 0.4) is 0 Å². The zero-order valence-corrected chi connectivity index (χ0v) is 38.7. The molecule has 0 spiro atoms. The zero-order valence-electron chi connectivity index (χ0n) is 37.8. The SMILES string of the molecule is CCCCC/C=C\C[C@H](O)/C=C/C=C/C=C\[C@H](O)CCCC(=O)O[C@H](COC(=O)CCC/C=C\C/C=C\C/C=C\CCCCCCCC)COP(=O)([O-])OCC[N+](C)(C)C. The molecule has 60 heavy (non-hydrogen) atoms. The maximum atomic E-state index is 12.7. The largest absolute Gasteiger partial charge is 0.756 e. The average Bonchev–Trinajstić information content (AvgIpc) is 3.19. The fraction of sp³-hybridized carbons (Fsp3) is 0.667. The molecule has 11 nitrogen and oxygen atoms in total. The fourth-order valence-electron chi connectivity index (χ4n) is 5.45. The van der Waals surface area contributed by atoms with Crippen LogP contribution >= 0.6 is 7.82 Å². The lowest BCUT2D eigenvalue weighted by atomic mass is 10.1. The highest BCUT2D eigenvalue weighted by Gasteiger charge is 2.22. The summed E-state index contributed by atoms with van der Waals surface area (Å²) < 4.78 is 33.6. The van der Waals surface area contributed by atoms with Gasteiger partial charge in [-0.1, -0.05) is 144 Å². The van der Waals surface area contributed by atoms with Gasteiger partial charge in [-0.25, -0.2) is 0 Å². The van der Waals surface area contributed by atoms with Crippen LogP contribution in [0.15, 0.2) is 85.1 Å². The lowest BCUT2D eigenvalue weighted by Crippen LogP contribution is -2.37. The number of likely N-dealkylation sites (N-methyl/N-ethyl adjacent to an activating group) is 1. The van der Waals surface area contributed by atoms with Crippen LogP contribution in [0.5, 0.6) is 0 Å². The highest BCUT2D eigenvalue weighted by Crippen LogP contribution is 2.38. The van der Waals surface area contributed by atoms with Gasteiger partial charge < -0.3 is 38.1 Å². The van der Waals surface area contributed by atoms with Crippen LogP contribution in [0.25, 0.3) is 0 Å². The van der Waals surface area contributed by atoms with Crippen molar-refractivity contribution >= 4 is 19.8 Å². The van der Waals surface area contributed by atoms with Gasteiger partial charge in [-0.05, 0) is 70.6 Å². The van der Waals surface area contributed by atoms with E-state index < -0.39 is 44.7 Å². The van der Waals surface area contributed by atoms with Gasteiger partial charge in [0, 0.05) is 12.8 Å². The zero-order chi connectivity index (χ0) is 44.6. The second kappa shape index (κ2) is 39.0. The van der Waals surface area contributed by atoms with E-state index in [0.717, 1.165) is 32.1 Å². The first kappa shape index (κ1) is 57.1. The molecule has 0 fully saturated rings. The Morgan fingerprint density at radius 1 is 0.633 bits per heavy atom. The van der Waals surface area contributed by atoms with E-state index in [2.05, 4.69) is 50.3 Å². The van der Waals surface area contributed by atoms with E-state index >= 15 is 0 Å². The Hall–Kier alpha value is -2.89. The summed E-state index contributed by atoms with van der Waals surface area (Å²) in [5, 5.41) is 20.4. The van der Waals surface area contributed by atoms with Crippen LogP contribution in [0.1, 0.15) is 142 Å². The van der Waals surface area contributed by atoms with Crippen molar-refractivity contribution in [3.05, 3.63) is 85.1 Å². The molecule has 0 aromatic rings. The average molecular weight is 864 g/mol. The smallest absolute Gasteiger partial charge is 0.306 e. The molecule has 4 atom stereocenters. The van der Waals surface area contributed by atoms with E-state index in [-0.39, 0.29) is 32.5 Å². The number of allylic oxidation sites excluding steroid dienone is 11. The van der Waals surface area contributed by atoms with Gasteiger partial charge >= 0.3 is 11.9 Å². The number of aliphatic hydroxyl groups is 2. The fourth-order valence-corrected chi connectivity index (χ4v) is 6.18. The summed E-state index contributed by atoms with van der Waals surface area (Å²) in [6.45, 7) is 3.79. The van der Waals surface area contributed by atoms with Crippen LogP contribution in [0, 0.1) is 0 Å². The number of hydrogen-bond donors (Lipinski definition) is 2. The van der Waals surface area contributed by atoms with Crippen LogP contribution in [-0.2, 0) is 32.7 Å². The molecule has 0 saturated carbocycles. The standard InChI is InChI=1S/C48H82NO10P/c1-6-8-10-12-14-15-16-17-18-19-20-21-22-23-24-26-32-38-47(52)56-42-46(43-58-60(54,55)57-41-40-49(3,4)5)59-48(53)39-33-37-45(51)36-31-28-27-30-35-44(50)34-29-25-13-11-9-7-2/h17-18,20-21,23-25,27-31,35-36,44-46,50-51H,6-16,19,22,26,32-34,37-43H2,1-5H3/b18-17-,21-20-,24-23-,28-27+,29-25-,35-30+,36-31-/t44-,45-,46+/m0/s1. The first-order chi connectivity index (χ1) is 28.8. The van der Waals surface area contributed by atoms with Gasteiger partial charge in [-0.3, -0.25) is 14.2 Å². The quantitative estimate of drug-likeness (QED) is 0.0153. The highest BCUT2D eigenvalue weighted by molar-refractivity contribution is 7.45. The number of aliphatic hydroxyl groups excluding tert-OH is 2. The molecule has 0 rings (SSSR count). The normalized spacial score (nSPS) is 15.4. The van der Waals surface area contributed by atoms with Gasteiger partial charge in [-0.2, -0.15) is 0 Å². The minimum atomic E-state index is -4.71. The molecule has 0 saturated heterocycles. The van der Waals surface area contributed by atoms with Crippen molar-refractivity contribution in [2.24, 2.45) is 0 Å². The van der Waals surface area contributed by atoms with E-state index in [1.54, 1.807) is 36.5 Å². The number of phosphoric ester groups is 1. The summed E-state index contributed by atoms with van der Waals surface area (Å²) in [6.07, 6.45) is 42.5. The van der Waals surface area contributed by atoms with E-state index in [4.69, 9.17) is 18.5 Å². The monoisotopic (exact) mass is 864 g/mol. The summed E-state index contributed by atoms with van der Waals surface area (Å²) >= 11 is 0. The number of esters is 2. The Kier molecular flexibility index (Phi) is 37.1. The molecular weight excluding hydrogens is 781 g/mol. The Labute approximate surface area is 364 Å².